The van der Waals surface area contributed by atoms with Gasteiger partial charge in [0.1, 0.15) is 5.82 Å². The summed E-state index contributed by atoms with van der Waals surface area (Å²) < 4.78 is 4.69. The van der Waals surface area contributed by atoms with Gasteiger partial charge in [-0.05, 0) is 49.2 Å². The van der Waals surface area contributed by atoms with E-state index < -0.39 is 0 Å². The Labute approximate surface area is 178 Å². The monoisotopic (exact) mass is 415 g/mol. The minimum absolute atomic E-state index is 0.805. The fourth-order valence-electron chi connectivity index (χ4n) is 3.59. The number of thiazole rings is 1. The van der Waals surface area contributed by atoms with Crippen LogP contribution in [-0.2, 0) is 12.3 Å². The molecule has 0 fully saturated rings. The molecule has 0 N–H and O–H groups in total. The topological polar surface area (TPSA) is 30.7 Å². The van der Waals surface area contributed by atoms with Crippen molar-refractivity contribution in [2.24, 2.45) is 0 Å². The molecule has 2 heterocycles. The Balaban J connectivity index is 1.49. The van der Waals surface area contributed by atoms with Crippen molar-refractivity contribution in [1.82, 2.24) is 14.5 Å². The molecular formula is C24H21N3S2. The van der Waals surface area contributed by atoms with Gasteiger partial charge in [-0.25, -0.2) is 9.97 Å². The summed E-state index contributed by atoms with van der Waals surface area (Å²) in [6.07, 6.45) is 0. The van der Waals surface area contributed by atoms with E-state index in [1.54, 1.807) is 23.1 Å². The molecule has 3 aromatic carbocycles. The summed E-state index contributed by atoms with van der Waals surface area (Å²) >= 11 is 3.52. The first kappa shape index (κ1) is 18.4. The lowest BCUT2D eigenvalue weighted by Gasteiger charge is -2.12. The van der Waals surface area contributed by atoms with Gasteiger partial charge in [-0.2, -0.15) is 0 Å². The average Bonchev–Trinajstić information content (AvgIpc) is 3.30. The van der Waals surface area contributed by atoms with Crippen LogP contribution in [0.1, 0.15) is 22.5 Å². The third kappa shape index (κ3) is 3.68. The lowest BCUT2D eigenvalue weighted by atomic mass is 10.1. The lowest BCUT2D eigenvalue weighted by molar-refractivity contribution is 0.775. The molecule has 0 aliphatic carbocycles. The number of aryl methyl sites for hydroxylation is 2. The van der Waals surface area contributed by atoms with Gasteiger partial charge in [0.25, 0.3) is 0 Å². The van der Waals surface area contributed by atoms with E-state index in [2.05, 4.69) is 79.1 Å². The zero-order valence-corrected chi connectivity index (χ0v) is 18.1. The second-order valence-corrected chi connectivity index (χ2v) is 9.52. The number of hydrogen-bond donors (Lipinski definition) is 0. The van der Waals surface area contributed by atoms with Crippen LogP contribution in [0.5, 0.6) is 0 Å². The van der Waals surface area contributed by atoms with Gasteiger partial charge in [-0.15, -0.1) is 11.3 Å². The maximum atomic E-state index is 4.95. The zero-order valence-electron chi connectivity index (χ0n) is 16.4. The molecule has 5 rings (SSSR count). The molecule has 5 aromatic rings. The average molecular weight is 416 g/mol. The van der Waals surface area contributed by atoms with E-state index in [0.717, 1.165) is 33.5 Å². The van der Waals surface area contributed by atoms with Gasteiger partial charge in [0.2, 0.25) is 0 Å². The highest BCUT2D eigenvalue weighted by atomic mass is 32.2. The second kappa shape index (κ2) is 7.65. The van der Waals surface area contributed by atoms with Crippen LogP contribution < -0.4 is 0 Å². The van der Waals surface area contributed by atoms with Crippen molar-refractivity contribution < 1.29 is 0 Å². The van der Waals surface area contributed by atoms with Crippen molar-refractivity contribution in [2.75, 3.05) is 0 Å². The number of imidazole rings is 1. The maximum absolute atomic E-state index is 4.95. The SMILES string of the molecule is Cc1ccc(C)c(Cn2c(CSc3nc4ccccc4s3)nc3ccccc32)c1. The van der Waals surface area contributed by atoms with Crippen LogP contribution in [0.15, 0.2) is 71.1 Å². The van der Waals surface area contributed by atoms with Crippen molar-refractivity contribution in [3.8, 4) is 0 Å². The number of rotatable bonds is 5. The van der Waals surface area contributed by atoms with Crippen LogP contribution >= 0.6 is 23.1 Å². The molecule has 2 aromatic heterocycles. The molecule has 0 atom stereocenters. The van der Waals surface area contributed by atoms with Crippen LogP contribution in [0.3, 0.4) is 0 Å². The fraction of sp³-hybridized carbons (Fsp3) is 0.167. The number of benzene rings is 3. The standard InChI is InChI=1S/C24H21N3S2/c1-16-11-12-17(2)18(13-16)14-27-21-9-5-3-7-19(21)25-23(27)15-28-24-26-20-8-4-6-10-22(20)29-24/h3-13H,14-15H2,1-2H3. The Kier molecular flexibility index (Phi) is 4.86. The number of hydrogen-bond acceptors (Lipinski definition) is 4. The second-order valence-electron chi connectivity index (χ2n) is 7.27. The van der Waals surface area contributed by atoms with Crippen molar-refractivity contribution in [3.05, 3.63) is 89.2 Å². The Hall–Kier alpha value is -2.63. The Morgan fingerprint density at radius 1 is 0.897 bits per heavy atom. The van der Waals surface area contributed by atoms with E-state index in [1.165, 1.54) is 26.9 Å². The lowest BCUT2D eigenvalue weighted by Crippen LogP contribution is -2.06. The van der Waals surface area contributed by atoms with Crippen LogP contribution in [0.2, 0.25) is 0 Å². The summed E-state index contributed by atoms with van der Waals surface area (Å²) in [7, 11) is 0. The number of aromatic nitrogens is 3. The van der Waals surface area contributed by atoms with Gasteiger partial charge in [0.05, 0.1) is 27.0 Å². The summed E-state index contributed by atoms with van der Waals surface area (Å²) in [5, 5.41) is 0. The fourth-order valence-corrected chi connectivity index (χ4v) is 5.61. The van der Waals surface area contributed by atoms with E-state index in [1.807, 2.05) is 6.07 Å². The van der Waals surface area contributed by atoms with E-state index in [9.17, 15) is 0 Å². The Morgan fingerprint density at radius 2 is 1.69 bits per heavy atom. The molecule has 0 saturated carbocycles. The van der Waals surface area contributed by atoms with E-state index in [4.69, 9.17) is 9.97 Å². The predicted molar refractivity (Wildman–Crippen MR) is 124 cm³/mol. The normalized spacial score (nSPS) is 11.5. The highest BCUT2D eigenvalue weighted by Crippen LogP contribution is 2.32. The minimum atomic E-state index is 0.805. The quantitative estimate of drug-likeness (QED) is 0.303. The smallest absolute Gasteiger partial charge is 0.151 e. The molecule has 0 aliphatic rings. The van der Waals surface area contributed by atoms with Gasteiger partial charge < -0.3 is 4.57 Å². The van der Waals surface area contributed by atoms with Crippen LogP contribution in [0, 0.1) is 13.8 Å². The summed E-state index contributed by atoms with van der Waals surface area (Å²) in [5.41, 5.74) is 7.27. The van der Waals surface area contributed by atoms with Crippen LogP contribution in [0.25, 0.3) is 21.3 Å². The first-order valence-electron chi connectivity index (χ1n) is 9.66. The van der Waals surface area contributed by atoms with Gasteiger partial charge in [-0.1, -0.05) is 59.8 Å². The summed E-state index contributed by atoms with van der Waals surface area (Å²) in [4.78, 5) is 9.71. The molecule has 0 spiro atoms. The zero-order chi connectivity index (χ0) is 19.8. The van der Waals surface area contributed by atoms with Crippen molar-refractivity contribution in [1.29, 1.82) is 0 Å². The minimum Gasteiger partial charge on any atom is -0.323 e. The van der Waals surface area contributed by atoms with Crippen molar-refractivity contribution in [2.45, 2.75) is 30.5 Å². The maximum Gasteiger partial charge on any atom is 0.151 e. The molecule has 5 heteroatoms. The predicted octanol–water partition coefficient (Wildman–Crippen LogP) is 6.60. The van der Waals surface area contributed by atoms with Gasteiger partial charge in [0, 0.05) is 6.54 Å². The summed E-state index contributed by atoms with van der Waals surface area (Å²) in [6.45, 7) is 5.17. The summed E-state index contributed by atoms with van der Waals surface area (Å²) in [5.74, 6) is 1.90. The number of fused-ring (bicyclic) bond motifs is 2. The number of thioether (sulfide) groups is 1. The number of nitrogens with zero attached hydrogens (tertiary/aromatic N) is 3. The molecule has 0 amide bonds. The Morgan fingerprint density at radius 3 is 2.55 bits per heavy atom. The molecule has 0 radical (unpaired) electrons. The largest absolute Gasteiger partial charge is 0.323 e. The molecule has 144 valence electrons. The van der Waals surface area contributed by atoms with Gasteiger partial charge >= 0.3 is 0 Å². The third-order valence-electron chi connectivity index (χ3n) is 5.17. The molecule has 29 heavy (non-hydrogen) atoms. The highest BCUT2D eigenvalue weighted by molar-refractivity contribution is 8.00. The third-order valence-corrected chi connectivity index (χ3v) is 7.34. The molecule has 0 saturated heterocycles. The molecule has 0 bridgehead atoms. The van der Waals surface area contributed by atoms with E-state index >= 15 is 0 Å². The first-order valence-corrected chi connectivity index (χ1v) is 11.5. The van der Waals surface area contributed by atoms with Crippen molar-refractivity contribution >= 4 is 44.3 Å². The highest BCUT2D eigenvalue weighted by Gasteiger charge is 2.14. The van der Waals surface area contributed by atoms with Gasteiger partial charge in [0.15, 0.2) is 4.34 Å². The molecule has 0 aliphatic heterocycles. The van der Waals surface area contributed by atoms with Gasteiger partial charge in [-0.3, -0.25) is 0 Å². The van der Waals surface area contributed by atoms with E-state index in [-0.39, 0.29) is 0 Å². The Bertz CT molecular complexity index is 1280. The van der Waals surface area contributed by atoms with Crippen LogP contribution in [-0.4, -0.2) is 14.5 Å². The van der Waals surface area contributed by atoms with Crippen molar-refractivity contribution in [3.63, 3.8) is 0 Å². The molecule has 3 nitrogen and oxygen atoms in total. The van der Waals surface area contributed by atoms with Crippen LogP contribution in [0.4, 0.5) is 0 Å². The molecular weight excluding hydrogens is 394 g/mol. The summed E-state index contributed by atoms with van der Waals surface area (Å²) in [6, 6.07) is 23.4. The van der Waals surface area contributed by atoms with E-state index in [0.29, 0.717) is 0 Å². The molecule has 0 unspecified atom stereocenters. The first-order chi connectivity index (χ1) is 14.2. The number of para-hydroxylation sites is 3.